The van der Waals surface area contributed by atoms with Gasteiger partial charge in [0, 0.05) is 6.07 Å². The fourth-order valence-corrected chi connectivity index (χ4v) is 2.07. The first kappa shape index (κ1) is 17.6. The Labute approximate surface area is 140 Å². The number of aromatic hydroxyl groups is 1. The molecule has 124 valence electrons. The van der Waals surface area contributed by atoms with Crippen LogP contribution in [0.5, 0.6) is 5.75 Å². The zero-order valence-corrected chi connectivity index (χ0v) is 12.9. The van der Waals surface area contributed by atoms with E-state index in [2.05, 4.69) is 26.4 Å². The molecule has 1 aromatic carbocycles. The Balaban J connectivity index is 2.18. The number of phenols is 1. The van der Waals surface area contributed by atoms with Crippen LogP contribution >= 0.6 is 11.8 Å². The van der Waals surface area contributed by atoms with Gasteiger partial charge in [-0.1, -0.05) is 17.7 Å². The van der Waals surface area contributed by atoms with E-state index in [9.17, 15) is 13.2 Å². The van der Waals surface area contributed by atoms with E-state index in [1.807, 2.05) is 0 Å². The normalized spacial score (nSPS) is 11.4. The van der Waals surface area contributed by atoms with Crippen LogP contribution in [-0.2, 0) is 6.18 Å². The van der Waals surface area contributed by atoms with Crippen LogP contribution in [0.25, 0.3) is 0 Å². The van der Waals surface area contributed by atoms with Crippen molar-refractivity contribution < 1.29 is 18.3 Å². The molecule has 0 saturated heterocycles. The summed E-state index contributed by atoms with van der Waals surface area (Å²) in [5.41, 5.74) is 1.99. The lowest BCUT2D eigenvalue weighted by Gasteiger charge is -2.09. The van der Waals surface area contributed by atoms with Gasteiger partial charge in [0.15, 0.2) is 16.7 Å². The first-order chi connectivity index (χ1) is 11.4. The smallest absolute Gasteiger partial charge is 0.433 e. The van der Waals surface area contributed by atoms with Crippen molar-refractivity contribution in [2.75, 3.05) is 11.2 Å². The zero-order valence-electron chi connectivity index (χ0n) is 12.1. The van der Waals surface area contributed by atoms with Crippen LogP contribution < -0.4 is 5.43 Å². The second-order valence-corrected chi connectivity index (χ2v) is 5.32. The molecule has 5 nitrogen and oxygen atoms in total. The minimum absolute atomic E-state index is 0.0925. The molecular weight excluding hydrogens is 341 g/mol. The molecular formula is C15H11F3N4OS. The lowest BCUT2D eigenvalue weighted by atomic mass is 10.2. The van der Waals surface area contributed by atoms with Gasteiger partial charge in [-0.25, -0.2) is 9.97 Å². The van der Waals surface area contributed by atoms with Gasteiger partial charge < -0.3 is 5.11 Å². The highest BCUT2D eigenvalue weighted by atomic mass is 32.2. The molecule has 1 heterocycles. The third kappa shape index (κ3) is 5.17. The summed E-state index contributed by atoms with van der Waals surface area (Å²) in [7, 11) is 0. The van der Waals surface area contributed by atoms with Gasteiger partial charge in [-0.15, -0.1) is 6.42 Å². The fraction of sp³-hybridized carbons (Fsp3) is 0.133. The molecule has 24 heavy (non-hydrogen) atoms. The molecule has 1 aromatic heterocycles. The summed E-state index contributed by atoms with van der Waals surface area (Å²) in [6, 6.07) is 6.87. The van der Waals surface area contributed by atoms with E-state index in [0.717, 1.165) is 17.8 Å². The Morgan fingerprint density at radius 2 is 2.00 bits per heavy atom. The number of hydrazone groups is 1. The van der Waals surface area contributed by atoms with Crippen molar-refractivity contribution in [3.8, 4) is 18.1 Å². The van der Waals surface area contributed by atoms with Gasteiger partial charge in [0.1, 0.15) is 5.75 Å². The zero-order chi connectivity index (χ0) is 17.6. The Bertz CT molecular complexity index is 770. The summed E-state index contributed by atoms with van der Waals surface area (Å²) >= 11 is 0.918. The molecule has 0 aliphatic heterocycles. The molecule has 0 atom stereocenters. The number of phenolic OH excluding ortho intramolecular Hbond substituents is 1. The number of nitrogens with zero attached hydrogens (tertiary/aromatic N) is 3. The number of aromatic nitrogens is 2. The van der Waals surface area contributed by atoms with E-state index in [1.165, 1.54) is 18.3 Å². The number of rotatable bonds is 5. The predicted octanol–water partition coefficient (Wildman–Crippen LogP) is 3.37. The Morgan fingerprint density at radius 1 is 1.29 bits per heavy atom. The summed E-state index contributed by atoms with van der Waals surface area (Å²) in [5.74, 6) is 2.44. The molecule has 0 aliphatic rings. The molecule has 2 N–H and O–H groups in total. The average molecular weight is 352 g/mol. The number of terminal acetylenes is 1. The number of hydrogen-bond donors (Lipinski definition) is 2. The number of benzene rings is 1. The van der Waals surface area contributed by atoms with Gasteiger partial charge in [-0.2, -0.15) is 18.3 Å². The number of nitrogens with one attached hydrogen (secondary N) is 1. The molecule has 0 spiro atoms. The largest absolute Gasteiger partial charge is 0.508 e. The van der Waals surface area contributed by atoms with Crippen LogP contribution in [-0.4, -0.2) is 27.0 Å². The molecule has 2 rings (SSSR count). The van der Waals surface area contributed by atoms with Gasteiger partial charge in [0.2, 0.25) is 0 Å². The van der Waals surface area contributed by atoms with Gasteiger partial charge in [0.25, 0.3) is 0 Å². The summed E-state index contributed by atoms with van der Waals surface area (Å²) in [6.07, 6.45) is 1.86. The summed E-state index contributed by atoms with van der Waals surface area (Å²) in [4.78, 5) is 7.35. The van der Waals surface area contributed by atoms with E-state index in [0.29, 0.717) is 5.56 Å². The highest BCUT2D eigenvalue weighted by Crippen LogP contribution is 2.30. The lowest BCUT2D eigenvalue weighted by Crippen LogP contribution is -2.10. The molecule has 0 radical (unpaired) electrons. The van der Waals surface area contributed by atoms with Gasteiger partial charge in [-0.05, 0) is 29.8 Å². The molecule has 0 amide bonds. The van der Waals surface area contributed by atoms with Crippen molar-refractivity contribution >= 4 is 23.8 Å². The van der Waals surface area contributed by atoms with Crippen LogP contribution in [0.4, 0.5) is 19.0 Å². The van der Waals surface area contributed by atoms with Crippen molar-refractivity contribution in [3.05, 3.63) is 41.6 Å². The van der Waals surface area contributed by atoms with Gasteiger partial charge in [-0.3, -0.25) is 5.43 Å². The van der Waals surface area contributed by atoms with Crippen LogP contribution in [0.15, 0.2) is 40.6 Å². The predicted molar refractivity (Wildman–Crippen MR) is 85.9 cm³/mol. The number of anilines is 1. The average Bonchev–Trinajstić information content (AvgIpc) is 2.54. The Hall–Kier alpha value is -2.73. The lowest BCUT2D eigenvalue weighted by molar-refractivity contribution is -0.141. The van der Waals surface area contributed by atoms with Crippen LogP contribution in [0.2, 0.25) is 0 Å². The van der Waals surface area contributed by atoms with Crippen molar-refractivity contribution in [1.29, 1.82) is 0 Å². The van der Waals surface area contributed by atoms with E-state index in [-0.39, 0.29) is 22.5 Å². The first-order valence-corrected chi connectivity index (χ1v) is 7.47. The third-order valence-electron chi connectivity index (χ3n) is 2.57. The first-order valence-electron chi connectivity index (χ1n) is 6.49. The quantitative estimate of drug-likeness (QED) is 0.284. The third-order valence-corrected chi connectivity index (χ3v) is 3.32. The van der Waals surface area contributed by atoms with Crippen LogP contribution in [0, 0.1) is 12.3 Å². The number of alkyl halides is 3. The van der Waals surface area contributed by atoms with E-state index < -0.39 is 11.9 Å². The van der Waals surface area contributed by atoms with Crippen molar-refractivity contribution in [2.45, 2.75) is 11.3 Å². The van der Waals surface area contributed by atoms with Gasteiger partial charge in [0.05, 0.1) is 12.0 Å². The molecule has 0 unspecified atom stereocenters. The molecule has 0 bridgehead atoms. The molecule has 0 fully saturated rings. The van der Waals surface area contributed by atoms with Crippen LogP contribution in [0.1, 0.15) is 11.3 Å². The molecule has 2 aromatic rings. The Morgan fingerprint density at radius 3 is 2.62 bits per heavy atom. The summed E-state index contributed by atoms with van der Waals surface area (Å²) in [6.45, 7) is 0. The molecule has 0 aliphatic carbocycles. The topological polar surface area (TPSA) is 70.4 Å². The van der Waals surface area contributed by atoms with Gasteiger partial charge >= 0.3 is 6.18 Å². The highest BCUT2D eigenvalue weighted by Gasteiger charge is 2.33. The van der Waals surface area contributed by atoms with Crippen molar-refractivity contribution in [1.82, 2.24) is 9.97 Å². The van der Waals surface area contributed by atoms with Crippen molar-refractivity contribution in [2.24, 2.45) is 5.10 Å². The SMILES string of the molecule is C#CCSc1nc(NN=Cc2ccc(O)cc2)cc(C(F)(F)F)n1. The summed E-state index contributed by atoms with van der Waals surface area (Å²) in [5, 5.41) is 12.9. The second-order valence-electron chi connectivity index (χ2n) is 4.37. The maximum Gasteiger partial charge on any atom is 0.433 e. The highest BCUT2D eigenvalue weighted by molar-refractivity contribution is 7.99. The monoisotopic (exact) mass is 352 g/mol. The van der Waals surface area contributed by atoms with E-state index in [4.69, 9.17) is 11.5 Å². The van der Waals surface area contributed by atoms with Crippen LogP contribution in [0.3, 0.4) is 0 Å². The van der Waals surface area contributed by atoms with E-state index >= 15 is 0 Å². The summed E-state index contributed by atoms with van der Waals surface area (Å²) < 4.78 is 38.6. The van der Waals surface area contributed by atoms with E-state index in [1.54, 1.807) is 12.1 Å². The minimum Gasteiger partial charge on any atom is -0.508 e. The number of halogens is 3. The standard InChI is InChI=1S/C15H11F3N4OS/c1-2-7-24-14-20-12(15(16,17)18)8-13(21-14)22-19-9-10-3-5-11(23)6-4-10/h1,3-6,8-9,23H,7H2,(H,20,21,22). The molecule has 9 heteroatoms. The number of thioether (sulfide) groups is 1. The van der Waals surface area contributed by atoms with Crippen molar-refractivity contribution in [3.63, 3.8) is 0 Å². The fourth-order valence-electron chi connectivity index (χ4n) is 1.53. The minimum atomic E-state index is -4.61. The molecule has 0 saturated carbocycles. The second kappa shape index (κ2) is 7.70. The number of hydrogen-bond acceptors (Lipinski definition) is 6. The Kier molecular flexibility index (Phi) is 5.65. The maximum absolute atomic E-state index is 12.9. The maximum atomic E-state index is 12.9.